The summed E-state index contributed by atoms with van der Waals surface area (Å²) in [6.45, 7) is 4.10. The molecule has 2 fully saturated rings. The van der Waals surface area contributed by atoms with Gasteiger partial charge in [0.15, 0.2) is 0 Å². The molecule has 0 aliphatic carbocycles. The van der Waals surface area contributed by atoms with Crippen LogP contribution in [0.15, 0.2) is 24.3 Å². The Hall–Kier alpha value is -0.710. The summed E-state index contributed by atoms with van der Waals surface area (Å²) in [5.41, 5.74) is 2.59. The smallest absolute Gasteiger partial charge is 0.253 e. The molecule has 122 valence electrons. The first-order valence-electron chi connectivity index (χ1n) is 7.80. The molecule has 3 nitrogen and oxygen atoms in total. The number of amides is 1. The summed E-state index contributed by atoms with van der Waals surface area (Å²) < 4.78 is 0. The standard InChI is InChI=1S/C17H24N2OS.ClH/c1-21-12-14-2-4-15(5-3-14)16(20)19-10-7-17(8-11-19)6-9-18-13-17;/h2-5,18H,6-13H2,1H3;1H. The number of carbonyl (C=O) groups is 1. The van der Waals surface area contributed by atoms with E-state index in [0.29, 0.717) is 5.41 Å². The molecular weight excluding hydrogens is 316 g/mol. The molecular formula is C17H25ClN2OS. The third-order valence-electron chi connectivity index (χ3n) is 4.96. The lowest BCUT2D eigenvalue weighted by atomic mass is 9.78. The van der Waals surface area contributed by atoms with Gasteiger partial charge in [0, 0.05) is 31.0 Å². The maximum Gasteiger partial charge on any atom is 0.253 e. The van der Waals surface area contributed by atoms with E-state index in [2.05, 4.69) is 23.7 Å². The summed E-state index contributed by atoms with van der Waals surface area (Å²) in [7, 11) is 0. The molecule has 0 bridgehead atoms. The van der Waals surface area contributed by atoms with Crippen molar-refractivity contribution < 1.29 is 4.79 Å². The van der Waals surface area contributed by atoms with Crippen molar-refractivity contribution in [1.82, 2.24) is 10.2 Å². The van der Waals surface area contributed by atoms with Crippen molar-refractivity contribution in [1.29, 1.82) is 0 Å². The molecule has 1 N–H and O–H groups in total. The lowest BCUT2D eigenvalue weighted by Crippen LogP contribution is -2.44. The van der Waals surface area contributed by atoms with Crippen LogP contribution in [0.25, 0.3) is 0 Å². The Labute approximate surface area is 143 Å². The van der Waals surface area contributed by atoms with E-state index in [1.54, 1.807) is 11.8 Å². The lowest BCUT2D eigenvalue weighted by Gasteiger charge is -2.38. The van der Waals surface area contributed by atoms with Crippen LogP contribution in [0.4, 0.5) is 0 Å². The van der Waals surface area contributed by atoms with Crippen LogP contribution in [0.2, 0.25) is 0 Å². The van der Waals surface area contributed by atoms with Crippen LogP contribution in [-0.2, 0) is 5.75 Å². The van der Waals surface area contributed by atoms with Gasteiger partial charge < -0.3 is 10.2 Å². The number of hydrogen-bond acceptors (Lipinski definition) is 3. The maximum absolute atomic E-state index is 12.6. The van der Waals surface area contributed by atoms with Gasteiger partial charge in [-0.2, -0.15) is 11.8 Å². The summed E-state index contributed by atoms with van der Waals surface area (Å²) in [6.07, 6.45) is 5.67. The van der Waals surface area contributed by atoms with Crippen LogP contribution in [0.5, 0.6) is 0 Å². The summed E-state index contributed by atoms with van der Waals surface area (Å²) in [6, 6.07) is 8.12. The molecule has 22 heavy (non-hydrogen) atoms. The minimum absolute atomic E-state index is 0. The van der Waals surface area contributed by atoms with Gasteiger partial charge in [0.25, 0.3) is 5.91 Å². The lowest BCUT2D eigenvalue weighted by molar-refractivity contribution is 0.0607. The number of likely N-dealkylation sites (tertiary alicyclic amines) is 1. The van der Waals surface area contributed by atoms with Gasteiger partial charge in [-0.3, -0.25) is 4.79 Å². The number of rotatable bonds is 3. The van der Waals surface area contributed by atoms with Gasteiger partial charge in [-0.25, -0.2) is 0 Å². The predicted molar refractivity (Wildman–Crippen MR) is 96.0 cm³/mol. The average Bonchev–Trinajstić information content (AvgIpc) is 2.97. The minimum atomic E-state index is 0. The fourth-order valence-electron chi connectivity index (χ4n) is 3.50. The van der Waals surface area contributed by atoms with E-state index in [1.165, 1.54) is 12.0 Å². The summed E-state index contributed by atoms with van der Waals surface area (Å²) in [5, 5.41) is 3.47. The number of carbonyl (C=O) groups excluding carboxylic acids is 1. The van der Waals surface area contributed by atoms with Gasteiger partial charge in [0.1, 0.15) is 0 Å². The molecule has 0 atom stereocenters. The van der Waals surface area contributed by atoms with E-state index in [-0.39, 0.29) is 18.3 Å². The number of nitrogens with zero attached hydrogens (tertiary/aromatic N) is 1. The largest absolute Gasteiger partial charge is 0.339 e. The van der Waals surface area contributed by atoms with Crippen molar-refractivity contribution in [2.75, 3.05) is 32.4 Å². The zero-order valence-electron chi connectivity index (χ0n) is 13.1. The van der Waals surface area contributed by atoms with Crippen molar-refractivity contribution in [3.05, 3.63) is 35.4 Å². The highest BCUT2D eigenvalue weighted by Crippen LogP contribution is 2.37. The van der Waals surface area contributed by atoms with E-state index in [4.69, 9.17) is 0 Å². The Kier molecular flexibility index (Phi) is 6.18. The molecule has 2 aliphatic rings. The number of halogens is 1. The summed E-state index contributed by atoms with van der Waals surface area (Å²) in [5.74, 6) is 1.21. The second kappa shape index (κ2) is 7.71. The fourth-order valence-corrected chi connectivity index (χ4v) is 4.02. The molecule has 1 aromatic rings. The molecule has 0 saturated carbocycles. The quantitative estimate of drug-likeness (QED) is 0.917. The number of thioether (sulfide) groups is 1. The third kappa shape index (κ3) is 3.79. The van der Waals surface area contributed by atoms with Crippen molar-refractivity contribution in [2.24, 2.45) is 5.41 Å². The Bertz CT molecular complexity index is 490. The molecule has 0 aromatic heterocycles. The van der Waals surface area contributed by atoms with E-state index in [1.807, 2.05) is 17.0 Å². The first-order valence-corrected chi connectivity index (χ1v) is 9.20. The molecule has 5 heteroatoms. The second-order valence-corrected chi connectivity index (χ2v) is 7.21. The van der Waals surface area contributed by atoms with Crippen LogP contribution in [0.1, 0.15) is 35.2 Å². The van der Waals surface area contributed by atoms with E-state index >= 15 is 0 Å². The SMILES string of the molecule is CSCc1ccc(C(=O)N2CCC3(CCNC3)CC2)cc1.Cl. The highest BCUT2D eigenvalue weighted by Gasteiger charge is 2.38. The molecule has 3 rings (SSSR count). The van der Waals surface area contributed by atoms with Gasteiger partial charge in [0.2, 0.25) is 0 Å². The van der Waals surface area contributed by atoms with Gasteiger partial charge in [-0.1, -0.05) is 12.1 Å². The average molecular weight is 341 g/mol. The van der Waals surface area contributed by atoms with Gasteiger partial charge >= 0.3 is 0 Å². The number of piperidine rings is 1. The molecule has 0 radical (unpaired) electrons. The molecule has 1 spiro atoms. The number of nitrogens with one attached hydrogen (secondary N) is 1. The van der Waals surface area contributed by atoms with Gasteiger partial charge in [-0.15, -0.1) is 12.4 Å². The van der Waals surface area contributed by atoms with Crippen molar-refractivity contribution in [2.45, 2.75) is 25.0 Å². The van der Waals surface area contributed by atoms with Gasteiger partial charge in [-0.05, 0) is 55.2 Å². The topological polar surface area (TPSA) is 32.3 Å². The molecule has 2 heterocycles. The first-order chi connectivity index (χ1) is 10.2. The zero-order valence-corrected chi connectivity index (χ0v) is 14.8. The van der Waals surface area contributed by atoms with E-state index in [0.717, 1.165) is 50.3 Å². The second-order valence-electron chi connectivity index (χ2n) is 6.35. The molecule has 1 aromatic carbocycles. The minimum Gasteiger partial charge on any atom is -0.339 e. The van der Waals surface area contributed by atoms with Crippen LogP contribution in [-0.4, -0.2) is 43.2 Å². The van der Waals surface area contributed by atoms with Crippen LogP contribution < -0.4 is 5.32 Å². The van der Waals surface area contributed by atoms with E-state index in [9.17, 15) is 4.79 Å². The third-order valence-corrected chi connectivity index (χ3v) is 5.58. The number of benzene rings is 1. The Morgan fingerprint density at radius 1 is 1.23 bits per heavy atom. The summed E-state index contributed by atoms with van der Waals surface area (Å²) >= 11 is 1.81. The normalized spacial score (nSPS) is 20.0. The van der Waals surface area contributed by atoms with Crippen molar-refractivity contribution in [3.63, 3.8) is 0 Å². The predicted octanol–water partition coefficient (Wildman–Crippen LogP) is 3.19. The zero-order chi connectivity index (χ0) is 14.7. The van der Waals surface area contributed by atoms with E-state index < -0.39 is 0 Å². The Balaban J connectivity index is 0.00000176. The Morgan fingerprint density at radius 2 is 1.91 bits per heavy atom. The van der Waals surface area contributed by atoms with Crippen LogP contribution in [0, 0.1) is 5.41 Å². The fraction of sp³-hybridized carbons (Fsp3) is 0.588. The summed E-state index contributed by atoms with van der Waals surface area (Å²) in [4.78, 5) is 14.6. The molecule has 1 amide bonds. The first kappa shape index (κ1) is 17.6. The van der Waals surface area contributed by atoms with Crippen molar-refractivity contribution in [3.8, 4) is 0 Å². The van der Waals surface area contributed by atoms with Crippen molar-refractivity contribution >= 4 is 30.1 Å². The molecule has 0 unspecified atom stereocenters. The highest BCUT2D eigenvalue weighted by molar-refractivity contribution is 7.97. The Morgan fingerprint density at radius 3 is 2.45 bits per heavy atom. The van der Waals surface area contributed by atoms with Crippen LogP contribution in [0.3, 0.4) is 0 Å². The molecule has 2 saturated heterocycles. The number of hydrogen-bond donors (Lipinski definition) is 1. The highest BCUT2D eigenvalue weighted by atomic mass is 35.5. The maximum atomic E-state index is 12.6. The molecule has 2 aliphatic heterocycles. The van der Waals surface area contributed by atoms with Gasteiger partial charge in [0.05, 0.1) is 0 Å². The monoisotopic (exact) mass is 340 g/mol. The van der Waals surface area contributed by atoms with Crippen LogP contribution >= 0.6 is 24.2 Å².